The highest BCUT2D eigenvalue weighted by atomic mass is 32.2. The van der Waals surface area contributed by atoms with Gasteiger partial charge in [-0.2, -0.15) is 0 Å². The van der Waals surface area contributed by atoms with E-state index in [2.05, 4.69) is 0 Å². The lowest BCUT2D eigenvalue weighted by Gasteiger charge is -2.09. The summed E-state index contributed by atoms with van der Waals surface area (Å²) >= 11 is 0. The van der Waals surface area contributed by atoms with Crippen LogP contribution in [-0.2, 0) is 15.6 Å². The first-order valence-corrected chi connectivity index (χ1v) is 7.39. The smallest absolute Gasteiger partial charge is 0.185 e. The van der Waals surface area contributed by atoms with E-state index in [-0.39, 0.29) is 11.3 Å². The molecule has 0 radical (unpaired) electrons. The Morgan fingerprint density at radius 1 is 1.05 bits per heavy atom. The third kappa shape index (κ3) is 2.80. The summed E-state index contributed by atoms with van der Waals surface area (Å²) in [6, 6.07) is 9.20. The summed E-state index contributed by atoms with van der Waals surface area (Å²) in [4.78, 5) is -0.442. The van der Waals surface area contributed by atoms with E-state index in [0.29, 0.717) is 0 Å². The van der Waals surface area contributed by atoms with E-state index in [0.717, 1.165) is 12.1 Å². The minimum absolute atomic E-state index is 0.0498. The highest BCUT2D eigenvalue weighted by molar-refractivity contribution is 7.90. The highest BCUT2D eigenvalue weighted by Crippen LogP contribution is 2.25. The van der Waals surface area contributed by atoms with E-state index in [9.17, 15) is 17.2 Å². The zero-order valence-corrected chi connectivity index (χ0v) is 11.5. The second-order valence-corrected chi connectivity index (χ2v) is 6.08. The topological polar surface area (TPSA) is 43.4 Å². The lowest BCUT2D eigenvalue weighted by atomic mass is 10.2. The Morgan fingerprint density at radius 3 is 2.40 bits per heavy atom. The van der Waals surface area contributed by atoms with Gasteiger partial charge in [0.1, 0.15) is 10.7 Å². The standard InChI is InChI=1S/C14H12F2O3S/c1-19-12-7-4-5-10(14(12)16)9-20(17,18)13-8-3-2-6-11(13)15/h2-8H,9H2,1H3. The number of ether oxygens (including phenoxy) is 1. The molecule has 0 N–H and O–H groups in total. The number of hydrogen-bond acceptors (Lipinski definition) is 3. The van der Waals surface area contributed by atoms with Crippen molar-refractivity contribution >= 4 is 9.84 Å². The van der Waals surface area contributed by atoms with E-state index in [1.807, 2.05) is 0 Å². The number of benzene rings is 2. The van der Waals surface area contributed by atoms with Crippen molar-refractivity contribution in [3.8, 4) is 5.75 Å². The Morgan fingerprint density at radius 2 is 1.75 bits per heavy atom. The molecule has 3 nitrogen and oxygen atoms in total. The minimum atomic E-state index is -3.96. The average molecular weight is 298 g/mol. The van der Waals surface area contributed by atoms with Crippen molar-refractivity contribution in [2.24, 2.45) is 0 Å². The monoisotopic (exact) mass is 298 g/mol. The van der Waals surface area contributed by atoms with Crippen molar-refractivity contribution < 1.29 is 21.9 Å². The molecule has 0 atom stereocenters. The number of hydrogen-bond donors (Lipinski definition) is 0. The van der Waals surface area contributed by atoms with E-state index >= 15 is 0 Å². The molecular weight excluding hydrogens is 286 g/mol. The first-order chi connectivity index (χ1) is 9.45. The van der Waals surface area contributed by atoms with E-state index in [4.69, 9.17) is 4.74 Å². The fraction of sp³-hybridized carbons (Fsp3) is 0.143. The van der Waals surface area contributed by atoms with Crippen LogP contribution in [0, 0.1) is 11.6 Å². The average Bonchev–Trinajstić information content (AvgIpc) is 2.41. The van der Waals surface area contributed by atoms with Crippen molar-refractivity contribution in [3.63, 3.8) is 0 Å². The highest BCUT2D eigenvalue weighted by Gasteiger charge is 2.22. The predicted molar refractivity (Wildman–Crippen MR) is 70.2 cm³/mol. The molecule has 0 heterocycles. The second kappa shape index (κ2) is 5.58. The molecule has 0 aliphatic heterocycles. The Labute approximate surface area is 115 Å². The Bertz CT molecular complexity index is 727. The summed E-state index contributed by atoms with van der Waals surface area (Å²) in [6.45, 7) is 0. The number of halogens is 2. The van der Waals surface area contributed by atoms with Crippen molar-refractivity contribution in [3.05, 3.63) is 59.7 Å². The van der Waals surface area contributed by atoms with Crippen molar-refractivity contribution in [1.82, 2.24) is 0 Å². The van der Waals surface area contributed by atoms with E-state index < -0.39 is 32.1 Å². The van der Waals surface area contributed by atoms with Gasteiger partial charge >= 0.3 is 0 Å². The maximum Gasteiger partial charge on any atom is 0.185 e. The van der Waals surface area contributed by atoms with Gasteiger partial charge in [0.25, 0.3) is 0 Å². The van der Waals surface area contributed by atoms with Gasteiger partial charge in [0.15, 0.2) is 21.4 Å². The van der Waals surface area contributed by atoms with Crippen LogP contribution in [0.15, 0.2) is 47.4 Å². The van der Waals surface area contributed by atoms with Gasteiger partial charge in [-0.15, -0.1) is 0 Å². The Balaban J connectivity index is 2.42. The van der Waals surface area contributed by atoms with Crippen molar-refractivity contribution in [2.45, 2.75) is 10.6 Å². The van der Waals surface area contributed by atoms with Crippen LogP contribution in [0.1, 0.15) is 5.56 Å². The molecule has 6 heteroatoms. The maximum atomic E-state index is 13.9. The summed E-state index contributed by atoms with van der Waals surface area (Å²) in [5.74, 6) is -2.28. The summed E-state index contributed by atoms with van der Waals surface area (Å²) in [7, 11) is -2.68. The fourth-order valence-corrected chi connectivity index (χ4v) is 3.24. The van der Waals surface area contributed by atoms with Gasteiger partial charge in [0.2, 0.25) is 0 Å². The summed E-state index contributed by atoms with van der Waals surface area (Å²) in [5.41, 5.74) is -0.0624. The summed E-state index contributed by atoms with van der Waals surface area (Å²) in [5, 5.41) is 0. The van der Waals surface area contributed by atoms with Gasteiger partial charge in [0.05, 0.1) is 12.9 Å². The molecule has 106 valence electrons. The van der Waals surface area contributed by atoms with Crippen molar-refractivity contribution in [2.75, 3.05) is 7.11 Å². The molecule has 20 heavy (non-hydrogen) atoms. The van der Waals surface area contributed by atoms with Crippen LogP contribution in [-0.4, -0.2) is 15.5 Å². The molecule has 2 aromatic rings. The third-order valence-corrected chi connectivity index (χ3v) is 4.47. The van der Waals surface area contributed by atoms with Gasteiger partial charge in [-0.3, -0.25) is 0 Å². The van der Waals surface area contributed by atoms with Crippen LogP contribution >= 0.6 is 0 Å². The molecule has 0 spiro atoms. The number of rotatable bonds is 4. The van der Waals surface area contributed by atoms with Gasteiger partial charge < -0.3 is 4.74 Å². The van der Waals surface area contributed by atoms with Gasteiger partial charge in [0, 0.05) is 5.56 Å². The van der Waals surface area contributed by atoms with Crippen LogP contribution in [0.4, 0.5) is 8.78 Å². The van der Waals surface area contributed by atoms with Crippen LogP contribution in [0.3, 0.4) is 0 Å². The Hall–Kier alpha value is -1.95. The molecule has 0 saturated heterocycles. The van der Waals surface area contributed by atoms with Crippen LogP contribution in [0.25, 0.3) is 0 Å². The minimum Gasteiger partial charge on any atom is -0.494 e. The second-order valence-electron chi connectivity index (χ2n) is 4.12. The molecule has 0 amide bonds. The molecule has 0 aliphatic rings. The zero-order chi connectivity index (χ0) is 14.8. The fourth-order valence-electron chi connectivity index (χ4n) is 1.80. The molecule has 2 aromatic carbocycles. The molecule has 0 fully saturated rings. The van der Waals surface area contributed by atoms with Crippen LogP contribution in [0.2, 0.25) is 0 Å². The largest absolute Gasteiger partial charge is 0.494 e. The number of sulfone groups is 1. The molecule has 0 aliphatic carbocycles. The molecule has 0 bridgehead atoms. The van der Waals surface area contributed by atoms with E-state index in [1.165, 1.54) is 37.4 Å². The lowest BCUT2D eigenvalue weighted by Crippen LogP contribution is -2.09. The molecular formula is C14H12F2O3S. The molecule has 0 saturated carbocycles. The SMILES string of the molecule is COc1cccc(CS(=O)(=O)c2ccccc2F)c1F. The normalized spacial score (nSPS) is 11.3. The zero-order valence-electron chi connectivity index (χ0n) is 10.6. The molecule has 0 aromatic heterocycles. The first kappa shape index (κ1) is 14.5. The molecule has 2 rings (SSSR count). The summed E-state index contributed by atoms with van der Waals surface area (Å²) in [6.07, 6.45) is 0. The quantitative estimate of drug-likeness (QED) is 0.871. The Kier molecular flexibility index (Phi) is 4.04. The summed E-state index contributed by atoms with van der Waals surface area (Å²) < 4.78 is 56.5. The van der Waals surface area contributed by atoms with E-state index in [1.54, 1.807) is 0 Å². The van der Waals surface area contributed by atoms with Gasteiger partial charge in [-0.05, 0) is 18.2 Å². The van der Waals surface area contributed by atoms with Crippen LogP contribution in [0.5, 0.6) is 5.75 Å². The van der Waals surface area contributed by atoms with Crippen LogP contribution < -0.4 is 4.74 Å². The van der Waals surface area contributed by atoms with Crippen molar-refractivity contribution in [1.29, 1.82) is 0 Å². The maximum absolute atomic E-state index is 13.9. The van der Waals surface area contributed by atoms with Gasteiger partial charge in [-0.1, -0.05) is 24.3 Å². The molecule has 0 unspecified atom stereocenters. The first-order valence-electron chi connectivity index (χ1n) is 5.74. The van der Waals surface area contributed by atoms with Gasteiger partial charge in [-0.25, -0.2) is 17.2 Å². The lowest BCUT2D eigenvalue weighted by molar-refractivity contribution is 0.385. The predicted octanol–water partition coefficient (Wildman–Crippen LogP) is 2.95. The number of methoxy groups -OCH3 is 1. The third-order valence-electron chi connectivity index (χ3n) is 2.78.